The summed E-state index contributed by atoms with van der Waals surface area (Å²) in [6.45, 7) is -0.0802. The molecule has 1 aliphatic rings. The summed E-state index contributed by atoms with van der Waals surface area (Å²) in [5.41, 5.74) is 0.916. The molecule has 0 radical (unpaired) electrons. The van der Waals surface area contributed by atoms with Crippen molar-refractivity contribution in [1.29, 1.82) is 0 Å². The third-order valence-corrected chi connectivity index (χ3v) is 4.36. The summed E-state index contributed by atoms with van der Waals surface area (Å²) in [6, 6.07) is 12.1. The first-order valence-electron chi connectivity index (χ1n) is 7.71. The normalized spacial score (nSPS) is 21.5. The molecule has 0 aromatic heterocycles. The third kappa shape index (κ3) is 3.31. The largest absolute Gasteiger partial charge is 0.416 e. The van der Waals surface area contributed by atoms with Crippen LogP contribution in [0.25, 0.3) is 0 Å². The summed E-state index contributed by atoms with van der Waals surface area (Å²) in [5.74, 6) is 0. The van der Waals surface area contributed by atoms with Gasteiger partial charge in [-0.05, 0) is 22.8 Å². The standard InChI is InChI=1S/C18H18F3NO2/c19-18(20,21)14-8-4-3-7-13(14)16(24)10-22-17-12-6-2-1-5-11(12)9-15(17)23/h1-8,15-17,22-24H,9-10H2/t15-,16?,17+/m0/s1. The molecule has 0 heterocycles. The molecule has 3 rings (SSSR count). The van der Waals surface area contributed by atoms with Crippen LogP contribution in [-0.4, -0.2) is 22.9 Å². The monoisotopic (exact) mass is 337 g/mol. The van der Waals surface area contributed by atoms with E-state index in [1.165, 1.54) is 18.2 Å². The van der Waals surface area contributed by atoms with E-state index < -0.39 is 30.0 Å². The van der Waals surface area contributed by atoms with Gasteiger partial charge in [0.2, 0.25) is 0 Å². The van der Waals surface area contributed by atoms with Gasteiger partial charge in [-0.1, -0.05) is 42.5 Å². The van der Waals surface area contributed by atoms with Gasteiger partial charge in [0.15, 0.2) is 0 Å². The lowest BCUT2D eigenvalue weighted by Gasteiger charge is -2.22. The molecule has 24 heavy (non-hydrogen) atoms. The molecule has 3 nitrogen and oxygen atoms in total. The first-order valence-corrected chi connectivity index (χ1v) is 7.71. The molecule has 2 aromatic rings. The van der Waals surface area contributed by atoms with E-state index in [0.717, 1.165) is 17.2 Å². The number of aliphatic hydroxyl groups excluding tert-OH is 2. The minimum Gasteiger partial charge on any atom is -0.391 e. The average molecular weight is 337 g/mol. The number of halogens is 3. The SMILES string of the molecule is OC(CN[C@@H]1c2ccccc2C[C@@H]1O)c1ccccc1C(F)(F)F. The molecule has 1 unspecified atom stereocenters. The minimum absolute atomic E-state index is 0.0802. The number of hydrogen-bond donors (Lipinski definition) is 3. The topological polar surface area (TPSA) is 52.5 Å². The molecule has 128 valence electrons. The number of alkyl halides is 3. The van der Waals surface area contributed by atoms with Crippen LogP contribution in [0, 0.1) is 0 Å². The van der Waals surface area contributed by atoms with Gasteiger partial charge in [-0.25, -0.2) is 0 Å². The lowest BCUT2D eigenvalue weighted by Crippen LogP contribution is -2.32. The maximum atomic E-state index is 13.0. The minimum atomic E-state index is -4.52. The molecule has 0 spiro atoms. The van der Waals surface area contributed by atoms with Gasteiger partial charge >= 0.3 is 6.18 Å². The first kappa shape index (κ1) is 17.0. The third-order valence-electron chi connectivity index (χ3n) is 4.36. The zero-order valence-corrected chi connectivity index (χ0v) is 12.8. The molecule has 0 fully saturated rings. The summed E-state index contributed by atoms with van der Waals surface area (Å²) in [7, 11) is 0. The number of nitrogens with one attached hydrogen (secondary N) is 1. The Morgan fingerprint density at radius 2 is 1.75 bits per heavy atom. The number of benzene rings is 2. The number of fused-ring (bicyclic) bond motifs is 1. The maximum absolute atomic E-state index is 13.0. The summed E-state index contributed by atoms with van der Waals surface area (Å²) in [5, 5.41) is 23.4. The summed E-state index contributed by atoms with van der Waals surface area (Å²) in [4.78, 5) is 0. The highest BCUT2D eigenvalue weighted by molar-refractivity contribution is 5.36. The second-order valence-electron chi connectivity index (χ2n) is 5.96. The van der Waals surface area contributed by atoms with Crippen LogP contribution in [0.2, 0.25) is 0 Å². The zero-order valence-electron chi connectivity index (χ0n) is 12.8. The Labute approximate surface area is 137 Å². The van der Waals surface area contributed by atoms with Crippen LogP contribution in [0.15, 0.2) is 48.5 Å². The highest BCUT2D eigenvalue weighted by Gasteiger charge is 2.35. The Morgan fingerprint density at radius 3 is 2.50 bits per heavy atom. The fraction of sp³-hybridized carbons (Fsp3) is 0.333. The molecule has 2 aromatic carbocycles. The van der Waals surface area contributed by atoms with Crippen molar-refractivity contribution in [2.24, 2.45) is 0 Å². The second-order valence-corrected chi connectivity index (χ2v) is 5.96. The smallest absolute Gasteiger partial charge is 0.391 e. The van der Waals surface area contributed by atoms with Gasteiger partial charge in [0.25, 0.3) is 0 Å². The lowest BCUT2D eigenvalue weighted by molar-refractivity contribution is -0.139. The predicted molar refractivity (Wildman–Crippen MR) is 83.3 cm³/mol. The quantitative estimate of drug-likeness (QED) is 0.804. The molecule has 3 N–H and O–H groups in total. The van der Waals surface area contributed by atoms with Crippen molar-refractivity contribution in [2.45, 2.75) is 30.8 Å². The van der Waals surface area contributed by atoms with Crippen LogP contribution in [-0.2, 0) is 12.6 Å². The molecule has 1 aliphatic carbocycles. The summed E-state index contributed by atoms with van der Waals surface area (Å²) < 4.78 is 39.1. The molecule has 0 bridgehead atoms. The predicted octanol–water partition coefficient (Wildman–Crippen LogP) is 2.99. The van der Waals surface area contributed by atoms with Gasteiger partial charge in [-0.2, -0.15) is 13.2 Å². The Bertz CT molecular complexity index is 717. The van der Waals surface area contributed by atoms with Crippen molar-refractivity contribution >= 4 is 0 Å². The number of rotatable bonds is 4. The molecular weight excluding hydrogens is 319 g/mol. The van der Waals surface area contributed by atoms with E-state index in [1.807, 2.05) is 24.3 Å². The molecule has 3 atom stereocenters. The van der Waals surface area contributed by atoms with E-state index in [-0.39, 0.29) is 12.1 Å². The van der Waals surface area contributed by atoms with Crippen LogP contribution in [0.5, 0.6) is 0 Å². The van der Waals surface area contributed by atoms with Crippen LogP contribution < -0.4 is 5.32 Å². The van der Waals surface area contributed by atoms with Crippen molar-refractivity contribution in [3.05, 3.63) is 70.8 Å². The van der Waals surface area contributed by atoms with E-state index in [0.29, 0.717) is 6.42 Å². The lowest BCUT2D eigenvalue weighted by atomic mass is 10.0. The van der Waals surface area contributed by atoms with Gasteiger partial charge in [-0.3, -0.25) is 0 Å². The van der Waals surface area contributed by atoms with Crippen molar-refractivity contribution in [3.63, 3.8) is 0 Å². The number of hydrogen-bond acceptors (Lipinski definition) is 3. The molecule has 0 saturated heterocycles. The van der Waals surface area contributed by atoms with Crippen molar-refractivity contribution in [2.75, 3.05) is 6.54 Å². The first-order chi connectivity index (χ1) is 11.4. The molecule has 6 heteroatoms. The van der Waals surface area contributed by atoms with Crippen molar-refractivity contribution in [1.82, 2.24) is 5.32 Å². The average Bonchev–Trinajstić information content (AvgIpc) is 2.87. The zero-order chi connectivity index (χ0) is 17.3. The Morgan fingerprint density at radius 1 is 1.08 bits per heavy atom. The summed E-state index contributed by atoms with van der Waals surface area (Å²) in [6.07, 6.45) is -6.00. The van der Waals surface area contributed by atoms with Gasteiger partial charge in [-0.15, -0.1) is 0 Å². The molecular formula is C18H18F3NO2. The highest BCUT2D eigenvalue weighted by atomic mass is 19.4. The highest BCUT2D eigenvalue weighted by Crippen LogP contribution is 2.35. The van der Waals surface area contributed by atoms with Crippen LogP contribution in [0.1, 0.15) is 34.4 Å². The van der Waals surface area contributed by atoms with Crippen molar-refractivity contribution < 1.29 is 23.4 Å². The van der Waals surface area contributed by atoms with E-state index in [9.17, 15) is 23.4 Å². The maximum Gasteiger partial charge on any atom is 0.416 e. The molecule has 0 saturated carbocycles. The molecule has 0 amide bonds. The van der Waals surface area contributed by atoms with Crippen LogP contribution >= 0.6 is 0 Å². The Balaban J connectivity index is 1.74. The van der Waals surface area contributed by atoms with Gasteiger partial charge < -0.3 is 15.5 Å². The van der Waals surface area contributed by atoms with E-state index >= 15 is 0 Å². The van der Waals surface area contributed by atoms with E-state index in [2.05, 4.69) is 5.32 Å². The molecule has 0 aliphatic heterocycles. The van der Waals surface area contributed by atoms with Crippen LogP contribution in [0.3, 0.4) is 0 Å². The van der Waals surface area contributed by atoms with Gasteiger partial charge in [0.05, 0.1) is 23.8 Å². The summed E-state index contributed by atoms with van der Waals surface area (Å²) >= 11 is 0. The van der Waals surface area contributed by atoms with Crippen molar-refractivity contribution in [3.8, 4) is 0 Å². The number of aliphatic hydroxyl groups is 2. The second kappa shape index (κ2) is 6.55. The van der Waals surface area contributed by atoms with Gasteiger partial charge in [0, 0.05) is 13.0 Å². The Hall–Kier alpha value is -1.89. The van der Waals surface area contributed by atoms with E-state index in [4.69, 9.17) is 0 Å². The van der Waals surface area contributed by atoms with E-state index in [1.54, 1.807) is 0 Å². The fourth-order valence-corrected chi connectivity index (χ4v) is 3.21. The fourth-order valence-electron chi connectivity index (χ4n) is 3.21. The van der Waals surface area contributed by atoms with Crippen LogP contribution in [0.4, 0.5) is 13.2 Å². The van der Waals surface area contributed by atoms with Gasteiger partial charge in [0.1, 0.15) is 0 Å². The Kier molecular flexibility index (Phi) is 4.62.